The highest BCUT2D eigenvalue weighted by Gasteiger charge is 2.07. The van der Waals surface area contributed by atoms with Crippen LogP contribution in [0.15, 0.2) is 0 Å². The molecule has 0 aromatic carbocycles. The summed E-state index contributed by atoms with van der Waals surface area (Å²) in [5, 5.41) is 8.54. The van der Waals surface area contributed by atoms with Crippen molar-refractivity contribution in [1.29, 1.82) is 0 Å². The maximum absolute atomic E-state index is 8.54. The molecule has 0 saturated carbocycles. The van der Waals surface area contributed by atoms with Crippen LogP contribution in [0.3, 0.4) is 0 Å². The minimum absolute atomic E-state index is 0.264. The summed E-state index contributed by atoms with van der Waals surface area (Å²) in [4.78, 5) is 2.20. The van der Waals surface area contributed by atoms with E-state index in [4.69, 9.17) is 9.84 Å². The number of aliphatic hydroxyl groups excluding tert-OH is 1. The molecule has 1 rings (SSSR count). The van der Waals surface area contributed by atoms with Crippen molar-refractivity contribution in [2.24, 2.45) is 5.73 Å². The highest BCUT2D eigenvalue weighted by atomic mass is 16.5. The Morgan fingerprint density at radius 3 is 2.36 bits per heavy atom. The van der Waals surface area contributed by atoms with E-state index >= 15 is 0 Å². The number of nitrogens with two attached hydrogens (primary N) is 1. The molecule has 0 aromatic rings. The van der Waals surface area contributed by atoms with Gasteiger partial charge in [0.2, 0.25) is 0 Å². The third-order valence-electron chi connectivity index (χ3n) is 1.52. The van der Waals surface area contributed by atoms with Crippen LogP contribution in [-0.2, 0) is 4.74 Å². The molecule has 0 spiro atoms. The molecule has 1 aliphatic heterocycles. The number of aliphatic hydroxyl groups is 1. The Balaban J connectivity index is 0.000000461. The number of morpholine rings is 1. The van der Waals surface area contributed by atoms with E-state index in [2.05, 4.69) is 10.6 Å². The van der Waals surface area contributed by atoms with Crippen molar-refractivity contribution < 1.29 is 9.84 Å². The molecule has 1 heterocycles. The predicted octanol–water partition coefficient (Wildman–Crippen LogP) is -1.11. The SMILES string of the molecule is CN.OCCN1CCOCC1. The molecule has 4 heteroatoms. The first kappa shape index (κ1) is 10.8. The average Bonchev–Trinajstić information content (AvgIpc) is 2.11. The molecule has 11 heavy (non-hydrogen) atoms. The van der Waals surface area contributed by atoms with Gasteiger partial charge in [0, 0.05) is 19.6 Å². The van der Waals surface area contributed by atoms with Crippen LogP contribution in [0.1, 0.15) is 0 Å². The second-order valence-corrected chi connectivity index (χ2v) is 2.18. The Kier molecular flexibility index (Phi) is 7.83. The molecule has 4 nitrogen and oxygen atoms in total. The molecule has 0 amide bonds. The fourth-order valence-electron chi connectivity index (χ4n) is 0.966. The Hall–Kier alpha value is -0.160. The maximum Gasteiger partial charge on any atom is 0.0594 e. The Morgan fingerprint density at radius 1 is 1.36 bits per heavy atom. The van der Waals surface area contributed by atoms with E-state index in [1.54, 1.807) is 0 Å². The Labute approximate surface area is 67.9 Å². The van der Waals surface area contributed by atoms with Gasteiger partial charge in [-0.3, -0.25) is 4.90 Å². The summed E-state index contributed by atoms with van der Waals surface area (Å²) in [6.45, 7) is 4.64. The lowest BCUT2D eigenvalue weighted by molar-refractivity contribution is 0.0306. The van der Waals surface area contributed by atoms with Crippen LogP contribution in [0, 0.1) is 0 Å². The van der Waals surface area contributed by atoms with E-state index in [1.165, 1.54) is 7.05 Å². The fraction of sp³-hybridized carbons (Fsp3) is 1.00. The summed E-state index contributed by atoms with van der Waals surface area (Å²) in [6.07, 6.45) is 0. The lowest BCUT2D eigenvalue weighted by atomic mass is 10.4. The monoisotopic (exact) mass is 162 g/mol. The van der Waals surface area contributed by atoms with Crippen molar-refractivity contribution in [3.8, 4) is 0 Å². The van der Waals surface area contributed by atoms with Gasteiger partial charge in [-0.15, -0.1) is 0 Å². The first-order valence-electron chi connectivity index (χ1n) is 3.92. The van der Waals surface area contributed by atoms with E-state index in [9.17, 15) is 0 Å². The van der Waals surface area contributed by atoms with Crippen LogP contribution < -0.4 is 5.73 Å². The molecule has 1 aliphatic rings. The van der Waals surface area contributed by atoms with Gasteiger partial charge in [0.1, 0.15) is 0 Å². The molecule has 0 unspecified atom stereocenters. The summed E-state index contributed by atoms with van der Waals surface area (Å²) in [6, 6.07) is 0. The van der Waals surface area contributed by atoms with E-state index in [0.717, 1.165) is 32.8 Å². The van der Waals surface area contributed by atoms with E-state index in [-0.39, 0.29) is 6.61 Å². The standard InChI is InChI=1S/C6H13NO2.CH5N/c8-4-1-7-2-5-9-6-3-7;1-2/h8H,1-6H2;2H2,1H3. The average molecular weight is 162 g/mol. The molecule has 0 aromatic heterocycles. The van der Waals surface area contributed by atoms with Crippen molar-refractivity contribution in [1.82, 2.24) is 4.90 Å². The molecule has 0 radical (unpaired) electrons. The molecule has 3 N–H and O–H groups in total. The predicted molar refractivity (Wildman–Crippen MR) is 44.5 cm³/mol. The van der Waals surface area contributed by atoms with Crippen molar-refractivity contribution in [3.63, 3.8) is 0 Å². The Bertz CT molecular complexity index is 72.1. The van der Waals surface area contributed by atoms with Crippen molar-refractivity contribution in [3.05, 3.63) is 0 Å². The summed E-state index contributed by atoms with van der Waals surface area (Å²) in [5.41, 5.74) is 4.50. The number of hydrogen-bond donors (Lipinski definition) is 2. The molecule has 0 atom stereocenters. The number of ether oxygens (including phenoxy) is 1. The van der Waals surface area contributed by atoms with Crippen LogP contribution in [0.2, 0.25) is 0 Å². The number of hydrogen-bond acceptors (Lipinski definition) is 4. The molecule has 68 valence electrons. The Morgan fingerprint density at radius 2 is 1.91 bits per heavy atom. The molecule has 0 aliphatic carbocycles. The zero-order valence-electron chi connectivity index (χ0n) is 7.12. The topological polar surface area (TPSA) is 58.7 Å². The maximum atomic E-state index is 8.54. The molecule has 1 fully saturated rings. The summed E-state index contributed by atoms with van der Waals surface area (Å²) in [5.74, 6) is 0. The highest BCUT2D eigenvalue weighted by molar-refractivity contribution is 4.59. The zero-order chi connectivity index (χ0) is 8.53. The van der Waals surface area contributed by atoms with Gasteiger partial charge in [0.25, 0.3) is 0 Å². The second-order valence-electron chi connectivity index (χ2n) is 2.18. The van der Waals surface area contributed by atoms with Crippen LogP contribution >= 0.6 is 0 Å². The van der Waals surface area contributed by atoms with Gasteiger partial charge in [-0.1, -0.05) is 0 Å². The van der Waals surface area contributed by atoms with Gasteiger partial charge in [-0.2, -0.15) is 0 Å². The quantitative estimate of drug-likeness (QED) is 0.540. The van der Waals surface area contributed by atoms with Gasteiger partial charge >= 0.3 is 0 Å². The number of rotatable bonds is 2. The van der Waals surface area contributed by atoms with Crippen LogP contribution in [-0.4, -0.2) is 56.5 Å². The number of β-amino-alcohol motifs (C(OH)–C–C–N with tert-alkyl or cyclic N) is 1. The van der Waals surface area contributed by atoms with Crippen molar-refractivity contribution in [2.75, 3.05) is 46.5 Å². The zero-order valence-corrected chi connectivity index (χ0v) is 7.12. The van der Waals surface area contributed by atoms with Gasteiger partial charge < -0.3 is 15.6 Å². The van der Waals surface area contributed by atoms with Crippen LogP contribution in [0.4, 0.5) is 0 Å². The minimum Gasteiger partial charge on any atom is -0.395 e. The van der Waals surface area contributed by atoms with E-state index < -0.39 is 0 Å². The van der Waals surface area contributed by atoms with Gasteiger partial charge in [0.15, 0.2) is 0 Å². The van der Waals surface area contributed by atoms with Gasteiger partial charge in [-0.05, 0) is 7.05 Å². The normalized spacial score (nSPS) is 18.8. The summed E-state index contributed by atoms with van der Waals surface area (Å²) >= 11 is 0. The molecular formula is C7H18N2O2. The van der Waals surface area contributed by atoms with E-state index in [1.807, 2.05) is 0 Å². The second kappa shape index (κ2) is 7.94. The van der Waals surface area contributed by atoms with Gasteiger partial charge in [0.05, 0.1) is 19.8 Å². The highest BCUT2D eigenvalue weighted by Crippen LogP contribution is 1.93. The molecule has 1 saturated heterocycles. The van der Waals surface area contributed by atoms with E-state index in [0.29, 0.717) is 0 Å². The number of nitrogens with zero attached hydrogens (tertiary/aromatic N) is 1. The van der Waals surface area contributed by atoms with Gasteiger partial charge in [-0.25, -0.2) is 0 Å². The lowest BCUT2D eigenvalue weighted by Crippen LogP contribution is -2.37. The lowest BCUT2D eigenvalue weighted by Gasteiger charge is -2.25. The molecule has 0 bridgehead atoms. The fourth-order valence-corrected chi connectivity index (χ4v) is 0.966. The largest absolute Gasteiger partial charge is 0.395 e. The third-order valence-corrected chi connectivity index (χ3v) is 1.52. The summed E-state index contributed by atoms with van der Waals surface area (Å²) < 4.78 is 5.12. The summed E-state index contributed by atoms with van der Waals surface area (Å²) in [7, 11) is 1.50. The smallest absolute Gasteiger partial charge is 0.0594 e. The molecular weight excluding hydrogens is 144 g/mol. The first-order valence-corrected chi connectivity index (χ1v) is 3.92. The van der Waals surface area contributed by atoms with Crippen LogP contribution in [0.25, 0.3) is 0 Å². The van der Waals surface area contributed by atoms with Crippen LogP contribution in [0.5, 0.6) is 0 Å². The first-order chi connectivity index (χ1) is 5.43. The van der Waals surface area contributed by atoms with Crippen molar-refractivity contribution in [2.45, 2.75) is 0 Å². The minimum atomic E-state index is 0.264. The van der Waals surface area contributed by atoms with Crippen molar-refractivity contribution >= 4 is 0 Å². The third kappa shape index (κ3) is 5.15.